The molecule has 1 aliphatic heterocycles. The molecule has 19 heavy (non-hydrogen) atoms. The molecule has 1 fully saturated rings. The average Bonchev–Trinajstić information content (AvgIpc) is 2.39. The van der Waals surface area contributed by atoms with Gasteiger partial charge in [0.2, 0.25) is 0 Å². The second kappa shape index (κ2) is 6.35. The van der Waals surface area contributed by atoms with Gasteiger partial charge < -0.3 is 14.9 Å². The predicted molar refractivity (Wildman–Crippen MR) is 78.4 cm³/mol. The molecular weight excluding hydrogens is 238 g/mol. The van der Waals surface area contributed by atoms with Crippen molar-refractivity contribution in [3.05, 3.63) is 23.9 Å². The topological polar surface area (TPSA) is 39.6 Å². The second-order valence-corrected chi connectivity index (χ2v) is 5.78. The summed E-state index contributed by atoms with van der Waals surface area (Å²) in [6.07, 6.45) is 3.76. The maximum Gasteiger partial charge on any atom is 0.134 e. The van der Waals surface area contributed by atoms with E-state index in [2.05, 4.69) is 28.9 Å². The third kappa shape index (κ3) is 3.67. The molecule has 4 heteroatoms. The molecule has 0 spiro atoms. The Kier molecular flexibility index (Phi) is 4.77. The zero-order chi connectivity index (χ0) is 13.8. The van der Waals surface area contributed by atoms with Gasteiger partial charge in [-0.2, -0.15) is 0 Å². The Morgan fingerprint density at radius 1 is 1.42 bits per heavy atom. The molecule has 106 valence electrons. The minimum absolute atomic E-state index is 0.455. The SMILES string of the molecule is C[C@@H](O)c1cccnc1N1CCC(CN(C)C)CC1. The molecule has 1 saturated heterocycles. The predicted octanol–water partition coefficient (Wildman–Crippen LogP) is 1.91. The number of hydrogen-bond donors (Lipinski definition) is 1. The Balaban J connectivity index is 2.02. The molecule has 0 aliphatic carbocycles. The number of aromatic nitrogens is 1. The van der Waals surface area contributed by atoms with Crippen molar-refractivity contribution in [3.8, 4) is 0 Å². The zero-order valence-electron chi connectivity index (χ0n) is 12.2. The Bertz CT molecular complexity index is 398. The molecule has 1 aromatic rings. The molecule has 0 bridgehead atoms. The van der Waals surface area contributed by atoms with Gasteiger partial charge in [-0.15, -0.1) is 0 Å². The van der Waals surface area contributed by atoms with Crippen LogP contribution in [0, 0.1) is 5.92 Å². The fourth-order valence-electron chi connectivity index (χ4n) is 2.84. The monoisotopic (exact) mass is 263 g/mol. The van der Waals surface area contributed by atoms with Crippen molar-refractivity contribution in [2.45, 2.75) is 25.9 Å². The Morgan fingerprint density at radius 3 is 2.68 bits per heavy atom. The summed E-state index contributed by atoms with van der Waals surface area (Å²) in [5, 5.41) is 9.83. The number of aliphatic hydroxyl groups excluding tert-OH is 1. The van der Waals surface area contributed by atoms with Crippen LogP contribution in [-0.2, 0) is 0 Å². The molecule has 2 rings (SSSR count). The molecule has 1 aromatic heterocycles. The van der Waals surface area contributed by atoms with E-state index in [1.807, 2.05) is 18.3 Å². The van der Waals surface area contributed by atoms with Crippen LogP contribution in [-0.4, -0.2) is 48.7 Å². The number of anilines is 1. The van der Waals surface area contributed by atoms with Crippen LogP contribution in [0.15, 0.2) is 18.3 Å². The maximum atomic E-state index is 9.83. The van der Waals surface area contributed by atoms with Crippen molar-refractivity contribution in [3.63, 3.8) is 0 Å². The molecule has 2 heterocycles. The number of rotatable bonds is 4. The minimum Gasteiger partial charge on any atom is -0.389 e. The third-order valence-corrected chi connectivity index (χ3v) is 3.80. The average molecular weight is 263 g/mol. The first-order chi connectivity index (χ1) is 9.08. The van der Waals surface area contributed by atoms with Crippen molar-refractivity contribution >= 4 is 5.82 Å². The number of nitrogens with zero attached hydrogens (tertiary/aromatic N) is 3. The van der Waals surface area contributed by atoms with Gasteiger partial charge in [0.05, 0.1) is 6.10 Å². The quantitative estimate of drug-likeness (QED) is 0.901. The molecule has 0 saturated carbocycles. The van der Waals surface area contributed by atoms with E-state index in [1.165, 1.54) is 19.4 Å². The molecule has 1 N–H and O–H groups in total. The number of piperidine rings is 1. The molecule has 0 radical (unpaired) electrons. The van der Waals surface area contributed by atoms with E-state index < -0.39 is 6.10 Å². The van der Waals surface area contributed by atoms with Crippen molar-refractivity contribution in [2.75, 3.05) is 38.6 Å². The van der Waals surface area contributed by atoms with Crippen molar-refractivity contribution in [1.82, 2.24) is 9.88 Å². The van der Waals surface area contributed by atoms with Crippen LogP contribution in [0.4, 0.5) is 5.82 Å². The van der Waals surface area contributed by atoms with Crippen molar-refractivity contribution in [2.24, 2.45) is 5.92 Å². The van der Waals surface area contributed by atoms with E-state index in [0.717, 1.165) is 30.4 Å². The number of hydrogen-bond acceptors (Lipinski definition) is 4. The Morgan fingerprint density at radius 2 is 2.11 bits per heavy atom. The van der Waals surface area contributed by atoms with Gasteiger partial charge in [0.1, 0.15) is 5.82 Å². The van der Waals surface area contributed by atoms with Crippen molar-refractivity contribution in [1.29, 1.82) is 0 Å². The zero-order valence-corrected chi connectivity index (χ0v) is 12.2. The van der Waals surface area contributed by atoms with Gasteiger partial charge in [0.25, 0.3) is 0 Å². The molecule has 1 aliphatic rings. The summed E-state index contributed by atoms with van der Waals surface area (Å²) in [6, 6.07) is 3.86. The minimum atomic E-state index is -0.455. The Labute approximate surface area is 116 Å². The summed E-state index contributed by atoms with van der Waals surface area (Å²) in [5.41, 5.74) is 0.938. The molecule has 0 amide bonds. The van der Waals surface area contributed by atoms with Crippen LogP contribution >= 0.6 is 0 Å². The number of pyridine rings is 1. The normalized spacial score (nSPS) is 18.9. The van der Waals surface area contributed by atoms with E-state index in [0.29, 0.717) is 0 Å². The van der Waals surface area contributed by atoms with Crippen LogP contribution < -0.4 is 4.90 Å². The van der Waals surface area contributed by atoms with Gasteiger partial charge in [0, 0.05) is 31.4 Å². The first-order valence-corrected chi connectivity index (χ1v) is 7.10. The van der Waals surface area contributed by atoms with Gasteiger partial charge in [0.15, 0.2) is 0 Å². The van der Waals surface area contributed by atoms with Crippen LogP contribution in [0.3, 0.4) is 0 Å². The lowest BCUT2D eigenvalue weighted by Gasteiger charge is -2.35. The smallest absolute Gasteiger partial charge is 0.134 e. The van der Waals surface area contributed by atoms with Crippen LogP contribution in [0.1, 0.15) is 31.4 Å². The van der Waals surface area contributed by atoms with Crippen LogP contribution in [0.2, 0.25) is 0 Å². The van der Waals surface area contributed by atoms with Gasteiger partial charge in [-0.3, -0.25) is 0 Å². The highest BCUT2D eigenvalue weighted by atomic mass is 16.3. The fourth-order valence-corrected chi connectivity index (χ4v) is 2.84. The highest BCUT2D eigenvalue weighted by Crippen LogP contribution is 2.27. The maximum absolute atomic E-state index is 9.83. The van der Waals surface area contributed by atoms with E-state index in [-0.39, 0.29) is 0 Å². The fraction of sp³-hybridized carbons (Fsp3) is 0.667. The number of aliphatic hydroxyl groups is 1. The van der Waals surface area contributed by atoms with E-state index >= 15 is 0 Å². The van der Waals surface area contributed by atoms with Crippen LogP contribution in [0.5, 0.6) is 0 Å². The summed E-state index contributed by atoms with van der Waals surface area (Å²) in [5.74, 6) is 1.74. The van der Waals surface area contributed by atoms with E-state index in [4.69, 9.17) is 0 Å². The van der Waals surface area contributed by atoms with Gasteiger partial charge in [-0.25, -0.2) is 4.98 Å². The van der Waals surface area contributed by atoms with Gasteiger partial charge >= 0.3 is 0 Å². The lowest BCUT2D eigenvalue weighted by Crippen LogP contribution is -2.38. The Hall–Kier alpha value is -1.13. The summed E-state index contributed by atoms with van der Waals surface area (Å²) in [4.78, 5) is 9.04. The van der Waals surface area contributed by atoms with E-state index in [1.54, 1.807) is 6.92 Å². The first-order valence-electron chi connectivity index (χ1n) is 7.10. The first kappa shape index (κ1) is 14.3. The third-order valence-electron chi connectivity index (χ3n) is 3.80. The lowest BCUT2D eigenvalue weighted by molar-refractivity contribution is 0.199. The molecule has 0 aromatic carbocycles. The molecular formula is C15H25N3O. The van der Waals surface area contributed by atoms with Gasteiger partial charge in [-0.05, 0) is 45.8 Å². The molecule has 1 atom stereocenters. The lowest BCUT2D eigenvalue weighted by atomic mass is 9.96. The van der Waals surface area contributed by atoms with Gasteiger partial charge in [-0.1, -0.05) is 6.07 Å². The highest BCUT2D eigenvalue weighted by Gasteiger charge is 2.22. The van der Waals surface area contributed by atoms with Crippen molar-refractivity contribution < 1.29 is 5.11 Å². The highest BCUT2D eigenvalue weighted by molar-refractivity contribution is 5.48. The summed E-state index contributed by atoms with van der Waals surface area (Å²) >= 11 is 0. The van der Waals surface area contributed by atoms with Crippen LogP contribution in [0.25, 0.3) is 0 Å². The van der Waals surface area contributed by atoms with E-state index in [9.17, 15) is 5.11 Å². The summed E-state index contributed by atoms with van der Waals surface area (Å²) < 4.78 is 0. The summed E-state index contributed by atoms with van der Waals surface area (Å²) in [7, 11) is 4.27. The molecule has 4 nitrogen and oxygen atoms in total. The summed E-state index contributed by atoms with van der Waals surface area (Å²) in [6.45, 7) is 5.04. The molecule has 0 unspecified atom stereocenters. The largest absolute Gasteiger partial charge is 0.389 e. The standard InChI is InChI=1S/C15H25N3O/c1-12(19)14-5-4-8-16-15(14)18-9-6-13(7-10-18)11-17(2)3/h4-5,8,12-13,19H,6-7,9-11H2,1-3H3/t12-/m1/s1. The second-order valence-electron chi connectivity index (χ2n) is 5.78.